The Balaban J connectivity index is 1.56. The molecule has 116 valence electrons. The summed E-state index contributed by atoms with van der Waals surface area (Å²) in [6.45, 7) is 2.65. The molecule has 0 bridgehead atoms. The second-order valence-corrected chi connectivity index (χ2v) is 5.98. The Morgan fingerprint density at radius 1 is 1.41 bits per heavy atom. The Kier molecular flexibility index (Phi) is 4.55. The number of amides is 1. The fraction of sp³-hybridized carbons (Fsp3) is 0.333. The molecule has 1 amide bonds. The largest absolute Gasteiger partial charge is 0.497 e. The van der Waals surface area contributed by atoms with Gasteiger partial charge in [-0.05, 0) is 24.3 Å². The summed E-state index contributed by atoms with van der Waals surface area (Å²) in [5.74, 6) is 1.22. The lowest BCUT2D eigenvalue weighted by molar-refractivity contribution is 0.0938. The molecule has 1 aliphatic heterocycles. The second-order valence-electron chi connectivity index (χ2n) is 5.13. The predicted molar refractivity (Wildman–Crippen MR) is 87.1 cm³/mol. The highest BCUT2D eigenvalue weighted by Crippen LogP contribution is 2.22. The van der Waals surface area contributed by atoms with Crippen molar-refractivity contribution in [1.29, 1.82) is 0 Å². The fourth-order valence-corrected chi connectivity index (χ4v) is 2.76. The molecule has 3 N–H and O–H groups in total. The summed E-state index contributed by atoms with van der Waals surface area (Å²) in [5.41, 5.74) is 1.36. The molecule has 0 radical (unpaired) electrons. The van der Waals surface area contributed by atoms with Crippen LogP contribution in [0.4, 0.5) is 10.8 Å². The Labute approximate surface area is 132 Å². The number of anilines is 2. The van der Waals surface area contributed by atoms with E-state index >= 15 is 0 Å². The highest BCUT2D eigenvalue weighted by atomic mass is 32.1. The minimum absolute atomic E-state index is 0.120. The third-order valence-corrected chi connectivity index (χ3v) is 4.25. The summed E-state index contributed by atoms with van der Waals surface area (Å²) in [5, 5.41) is 11.7. The molecule has 0 unspecified atom stereocenters. The van der Waals surface area contributed by atoms with Crippen molar-refractivity contribution in [3.8, 4) is 5.75 Å². The molecule has 1 saturated heterocycles. The highest BCUT2D eigenvalue weighted by Gasteiger charge is 2.18. The van der Waals surface area contributed by atoms with E-state index in [1.807, 2.05) is 24.3 Å². The maximum Gasteiger partial charge on any atom is 0.270 e. The van der Waals surface area contributed by atoms with Gasteiger partial charge < -0.3 is 20.7 Å². The van der Waals surface area contributed by atoms with Crippen LogP contribution >= 0.6 is 11.3 Å². The number of carbonyl (C=O) groups excluding carboxylic acids is 1. The van der Waals surface area contributed by atoms with Crippen LogP contribution in [-0.4, -0.2) is 37.6 Å². The number of methoxy groups -OCH3 is 1. The van der Waals surface area contributed by atoms with Gasteiger partial charge in [-0.25, -0.2) is 4.98 Å². The minimum Gasteiger partial charge on any atom is -0.497 e. The maximum absolute atomic E-state index is 12.0. The van der Waals surface area contributed by atoms with Gasteiger partial charge in [0.1, 0.15) is 11.4 Å². The molecule has 0 aliphatic carbocycles. The monoisotopic (exact) mass is 318 g/mol. The Bertz CT molecular complexity index is 637. The van der Waals surface area contributed by atoms with Crippen LogP contribution in [0.3, 0.4) is 0 Å². The summed E-state index contributed by atoms with van der Waals surface area (Å²) in [7, 11) is 1.63. The lowest BCUT2D eigenvalue weighted by Crippen LogP contribution is -2.48. The molecule has 7 heteroatoms. The molecular weight excluding hydrogens is 300 g/mol. The van der Waals surface area contributed by atoms with E-state index < -0.39 is 0 Å². The van der Waals surface area contributed by atoms with Gasteiger partial charge in [0.05, 0.1) is 7.11 Å². The van der Waals surface area contributed by atoms with Crippen molar-refractivity contribution in [2.75, 3.05) is 32.1 Å². The second kappa shape index (κ2) is 6.76. The van der Waals surface area contributed by atoms with E-state index in [-0.39, 0.29) is 5.91 Å². The van der Waals surface area contributed by atoms with E-state index in [0.29, 0.717) is 23.3 Å². The SMILES string of the molecule is COc1ccc(Nc2nc(C(=O)NCC3CNC3)cs2)cc1. The van der Waals surface area contributed by atoms with Crippen molar-refractivity contribution in [2.45, 2.75) is 0 Å². The summed E-state index contributed by atoms with van der Waals surface area (Å²) < 4.78 is 5.12. The van der Waals surface area contributed by atoms with E-state index in [1.165, 1.54) is 11.3 Å². The number of thiazole rings is 1. The molecule has 1 aliphatic rings. The zero-order valence-corrected chi connectivity index (χ0v) is 13.1. The van der Waals surface area contributed by atoms with Gasteiger partial charge in [-0.2, -0.15) is 0 Å². The van der Waals surface area contributed by atoms with Crippen LogP contribution in [0.25, 0.3) is 0 Å². The molecule has 6 nitrogen and oxygen atoms in total. The topological polar surface area (TPSA) is 75.3 Å². The predicted octanol–water partition coefficient (Wildman–Crippen LogP) is 1.84. The minimum atomic E-state index is -0.120. The molecule has 2 aromatic rings. The molecule has 0 spiro atoms. The fourth-order valence-electron chi connectivity index (χ4n) is 2.05. The first-order chi connectivity index (χ1) is 10.7. The maximum atomic E-state index is 12.0. The van der Waals surface area contributed by atoms with E-state index in [1.54, 1.807) is 12.5 Å². The van der Waals surface area contributed by atoms with Gasteiger partial charge in [-0.15, -0.1) is 11.3 Å². The number of carbonyl (C=O) groups is 1. The number of rotatable bonds is 6. The van der Waals surface area contributed by atoms with Crippen LogP contribution in [0, 0.1) is 5.92 Å². The number of benzene rings is 1. The van der Waals surface area contributed by atoms with E-state index in [0.717, 1.165) is 24.5 Å². The average Bonchev–Trinajstić information content (AvgIpc) is 2.95. The van der Waals surface area contributed by atoms with Gasteiger partial charge in [0.25, 0.3) is 5.91 Å². The van der Waals surface area contributed by atoms with Crippen LogP contribution in [0.2, 0.25) is 0 Å². The van der Waals surface area contributed by atoms with Crippen molar-refractivity contribution in [3.63, 3.8) is 0 Å². The quantitative estimate of drug-likeness (QED) is 0.758. The average molecular weight is 318 g/mol. The molecule has 1 aromatic heterocycles. The Morgan fingerprint density at radius 2 is 2.18 bits per heavy atom. The Morgan fingerprint density at radius 3 is 2.82 bits per heavy atom. The van der Waals surface area contributed by atoms with Crippen LogP contribution in [0.5, 0.6) is 5.75 Å². The standard InChI is InChI=1S/C15H18N4O2S/c1-21-12-4-2-11(3-5-12)18-15-19-13(9-22-15)14(20)17-8-10-6-16-7-10/h2-5,9-10,16H,6-8H2,1H3,(H,17,20)(H,18,19). The highest BCUT2D eigenvalue weighted by molar-refractivity contribution is 7.14. The first-order valence-electron chi connectivity index (χ1n) is 7.10. The molecule has 0 atom stereocenters. The van der Waals surface area contributed by atoms with Crippen LogP contribution in [0.15, 0.2) is 29.6 Å². The van der Waals surface area contributed by atoms with Gasteiger partial charge in [0.2, 0.25) is 0 Å². The third-order valence-electron chi connectivity index (χ3n) is 3.50. The molecule has 0 saturated carbocycles. The summed E-state index contributed by atoms with van der Waals surface area (Å²) in [6, 6.07) is 7.56. The third kappa shape index (κ3) is 3.55. The van der Waals surface area contributed by atoms with Gasteiger partial charge in [-0.1, -0.05) is 0 Å². The van der Waals surface area contributed by atoms with E-state index in [9.17, 15) is 4.79 Å². The summed E-state index contributed by atoms with van der Waals surface area (Å²) >= 11 is 1.41. The first-order valence-corrected chi connectivity index (χ1v) is 7.98. The zero-order valence-electron chi connectivity index (χ0n) is 12.3. The molecule has 22 heavy (non-hydrogen) atoms. The van der Waals surface area contributed by atoms with Crippen LogP contribution in [-0.2, 0) is 0 Å². The van der Waals surface area contributed by atoms with Gasteiger partial charge in [-0.3, -0.25) is 4.79 Å². The number of hydrogen-bond acceptors (Lipinski definition) is 6. The zero-order chi connectivity index (χ0) is 15.4. The lowest BCUT2D eigenvalue weighted by Gasteiger charge is -2.26. The summed E-state index contributed by atoms with van der Waals surface area (Å²) in [6.07, 6.45) is 0. The van der Waals surface area contributed by atoms with Crippen molar-refractivity contribution in [2.24, 2.45) is 5.92 Å². The van der Waals surface area contributed by atoms with Crippen molar-refractivity contribution in [3.05, 3.63) is 35.3 Å². The number of ether oxygens (including phenoxy) is 1. The van der Waals surface area contributed by atoms with Crippen molar-refractivity contribution < 1.29 is 9.53 Å². The van der Waals surface area contributed by atoms with Crippen molar-refractivity contribution in [1.82, 2.24) is 15.6 Å². The molecule has 2 heterocycles. The Hall–Kier alpha value is -2.12. The number of nitrogens with one attached hydrogen (secondary N) is 3. The van der Waals surface area contributed by atoms with Gasteiger partial charge in [0, 0.05) is 36.6 Å². The molecule has 1 aromatic carbocycles. The molecule has 3 rings (SSSR count). The van der Waals surface area contributed by atoms with Gasteiger partial charge >= 0.3 is 0 Å². The van der Waals surface area contributed by atoms with Gasteiger partial charge in [0.15, 0.2) is 5.13 Å². The van der Waals surface area contributed by atoms with Crippen LogP contribution in [0.1, 0.15) is 10.5 Å². The smallest absolute Gasteiger partial charge is 0.270 e. The normalized spacial score (nSPS) is 14.2. The number of aromatic nitrogens is 1. The van der Waals surface area contributed by atoms with E-state index in [4.69, 9.17) is 4.74 Å². The molecule has 1 fully saturated rings. The summed E-state index contributed by atoms with van der Waals surface area (Å²) in [4.78, 5) is 16.3. The van der Waals surface area contributed by atoms with Crippen molar-refractivity contribution >= 4 is 28.1 Å². The number of hydrogen-bond donors (Lipinski definition) is 3. The lowest BCUT2D eigenvalue weighted by atomic mass is 10.0. The van der Waals surface area contributed by atoms with Crippen LogP contribution < -0.4 is 20.7 Å². The first kappa shape index (κ1) is 14.8. The molecular formula is C15H18N4O2S. The number of nitrogens with zero attached hydrogens (tertiary/aromatic N) is 1. The van der Waals surface area contributed by atoms with E-state index in [2.05, 4.69) is 20.9 Å².